The van der Waals surface area contributed by atoms with E-state index in [9.17, 15) is 14.0 Å². The summed E-state index contributed by atoms with van der Waals surface area (Å²) in [7, 11) is 0. The van der Waals surface area contributed by atoms with E-state index in [-0.39, 0.29) is 5.91 Å². The predicted octanol–water partition coefficient (Wildman–Crippen LogP) is 2.17. The average molecular weight is 281 g/mol. The monoisotopic (exact) mass is 281 g/mol. The highest BCUT2D eigenvalue weighted by atomic mass is 19.1. The van der Waals surface area contributed by atoms with Crippen molar-refractivity contribution in [2.75, 3.05) is 11.9 Å². The summed E-state index contributed by atoms with van der Waals surface area (Å²) in [5.41, 5.74) is 1.12. The van der Waals surface area contributed by atoms with Gasteiger partial charge in [0, 0.05) is 12.2 Å². The molecule has 0 saturated heterocycles. The first-order valence-electron chi connectivity index (χ1n) is 6.55. The van der Waals surface area contributed by atoms with Crippen LogP contribution < -0.4 is 16.0 Å². The van der Waals surface area contributed by atoms with Gasteiger partial charge in [-0.3, -0.25) is 4.79 Å². The van der Waals surface area contributed by atoms with E-state index >= 15 is 0 Å². The molecule has 0 fully saturated rings. The van der Waals surface area contributed by atoms with E-state index in [0.29, 0.717) is 12.2 Å². The Morgan fingerprint density at radius 3 is 2.70 bits per heavy atom. The van der Waals surface area contributed by atoms with Crippen molar-refractivity contribution >= 4 is 17.6 Å². The highest BCUT2D eigenvalue weighted by Crippen LogP contribution is 2.15. The molecule has 20 heavy (non-hydrogen) atoms. The van der Waals surface area contributed by atoms with Crippen LogP contribution >= 0.6 is 0 Å². The van der Waals surface area contributed by atoms with Gasteiger partial charge >= 0.3 is 6.03 Å². The fourth-order valence-electron chi connectivity index (χ4n) is 1.55. The highest BCUT2D eigenvalue weighted by Gasteiger charge is 2.15. The van der Waals surface area contributed by atoms with Crippen molar-refractivity contribution in [2.24, 2.45) is 0 Å². The maximum atomic E-state index is 13.1. The largest absolute Gasteiger partial charge is 0.354 e. The summed E-state index contributed by atoms with van der Waals surface area (Å²) in [6.07, 6.45) is 0.827. The van der Waals surface area contributed by atoms with E-state index in [4.69, 9.17) is 0 Å². The van der Waals surface area contributed by atoms with Crippen LogP contribution in [0.3, 0.4) is 0 Å². The smallest absolute Gasteiger partial charge is 0.319 e. The lowest BCUT2D eigenvalue weighted by Crippen LogP contribution is -2.46. The first-order chi connectivity index (χ1) is 9.43. The van der Waals surface area contributed by atoms with Crippen LogP contribution in [0, 0.1) is 12.7 Å². The molecule has 0 heterocycles. The Labute approximate surface area is 117 Å². The number of carbonyl (C=O) groups excluding carboxylic acids is 2. The molecule has 0 aliphatic carbocycles. The zero-order valence-electron chi connectivity index (χ0n) is 11.9. The molecule has 0 aromatic heterocycles. The van der Waals surface area contributed by atoms with Gasteiger partial charge in [0.05, 0.1) is 0 Å². The molecule has 3 amide bonds. The molecule has 0 unspecified atom stereocenters. The van der Waals surface area contributed by atoms with E-state index in [1.54, 1.807) is 19.9 Å². The topological polar surface area (TPSA) is 70.2 Å². The van der Waals surface area contributed by atoms with Gasteiger partial charge in [0.15, 0.2) is 0 Å². The summed E-state index contributed by atoms with van der Waals surface area (Å²) in [5, 5.41) is 7.70. The van der Waals surface area contributed by atoms with Crippen LogP contribution in [0.2, 0.25) is 0 Å². The van der Waals surface area contributed by atoms with Crippen molar-refractivity contribution in [1.82, 2.24) is 10.6 Å². The average Bonchev–Trinajstić information content (AvgIpc) is 2.40. The summed E-state index contributed by atoms with van der Waals surface area (Å²) < 4.78 is 13.1. The highest BCUT2D eigenvalue weighted by molar-refractivity contribution is 5.94. The first kappa shape index (κ1) is 15.9. The number of amides is 3. The van der Waals surface area contributed by atoms with Gasteiger partial charge in [-0.15, -0.1) is 0 Å². The SMILES string of the molecule is CCCNC(=O)[C@H](C)NC(=O)Nc1cc(F)ccc1C. The number of carbonyl (C=O) groups is 2. The molecule has 0 radical (unpaired) electrons. The fourth-order valence-corrected chi connectivity index (χ4v) is 1.55. The number of rotatable bonds is 5. The molecule has 1 aromatic carbocycles. The number of halogens is 1. The van der Waals surface area contributed by atoms with Crippen LogP contribution in [0.4, 0.5) is 14.9 Å². The number of anilines is 1. The Kier molecular flexibility index (Phi) is 5.96. The fraction of sp³-hybridized carbons (Fsp3) is 0.429. The van der Waals surface area contributed by atoms with Crippen LogP contribution in [0.5, 0.6) is 0 Å². The minimum atomic E-state index is -0.657. The second-order valence-corrected chi connectivity index (χ2v) is 4.57. The van der Waals surface area contributed by atoms with Crippen LogP contribution in [0.15, 0.2) is 18.2 Å². The second kappa shape index (κ2) is 7.47. The van der Waals surface area contributed by atoms with Gasteiger partial charge in [-0.1, -0.05) is 13.0 Å². The molecule has 0 bridgehead atoms. The van der Waals surface area contributed by atoms with E-state index in [1.807, 2.05) is 6.92 Å². The molecule has 3 N–H and O–H groups in total. The molecule has 1 atom stereocenters. The zero-order valence-corrected chi connectivity index (χ0v) is 11.9. The third-order valence-electron chi connectivity index (χ3n) is 2.74. The summed E-state index contributed by atoms with van der Waals surface area (Å²) in [5.74, 6) is -0.683. The molecule has 0 aliphatic rings. The maximum absolute atomic E-state index is 13.1. The standard InChI is InChI=1S/C14H20FN3O2/c1-4-7-16-13(19)10(3)17-14(20)18-12-8-11(15)6-5-9(12)2/h5-6,8,10H,4,7H2,1-3H3,(H,16,19)(H2,17,18,20)/t10-/m0/s1. The van der Waals surface area contributed by atoms with E-state index < -0.39 is 17.9 Å². The van der Waals surface area contributed by atoms with Crippen molar-refractivity contribution in [1.29, 1.82) is 0 Å². The summed E-state index contributed by atoms with van der Waals surface area (Å²) in [6.45, 7) is 5.85. The van der Waals surface area contributed by atoms with Gasteiger partial charge < -0.3 is 16.0 Å². The van der Waals surface area contributed by atoms with Crippen LogP contribution in [0.1, 0.15) is 25.8 Å². The molecule has 0 aliphatic heterocycles. The maximum Gasteiger partial charge on any atom is 0.319 e. The molecule has 0 saturated carbocycles. The lowest BCUT2D eigenvalue weighted by Gasteiger charge is -2.15. The Bertz CT molecular complexity index is 491. The van der Waals surface area contributed by atoms with Gasteiger partial charge in [-0.25, -0.2) is 9.18 Å². The van der Waals surface area contributed by atoms with Crippen molar-refractivity contribution < 1.29 is 14.0 Å². The van der Waals surface area contributed by atoms with Gasteiger partial charge in [0.1, 0.15) is 11.9 Å². The summed E-state index contributed by atoms with van der Waals surface area (Å²) in [4.78, 5) is 23.3. The number of aryl methyl sites for hydroxylation is 1. The van der Waals surface area contributed by atoms with E-state index in [0.717, 1.165) is 12.0 Å². The third kappa shape index (κ3) is 4.87. The van der Waals surface area contributed by atoms with Gasteiger partial charge in [0.2, 0.25) is 5.91 Å². The molecule has 6 heteroatoms. The van der Waals surface area contributed by atoms with E-state index in [2.05, 4.69) is 16.0 Å². The lowest BCUT2D eigenvalue weighted by molar-refractivity contribution is -0.122. The third-order valence-corrected chi connectivity index (χ3v) is 2.74. The Morgan fingerprint density at radius 2 is 2.05 bits per heavy atom. The Morgan fingerprint density at radius 1 is 1.35 bits per heavy atom. The first-order valence-corrected chi connectivity index (χ1v) is 6.55. The Balaban J connectivity index is 2.55. The number of hydrogen-bond acceptors (Lipinski definition) is 2. The van der Waals surface area contributed by atoms with Gasteiger partial charge in [-0.2, -0.15) is 0 Å². The molecule has 1 aromatic rings. The molecular weight excluding hydrogens is 261 g/mol. The van der Waals surface area contributed by atoms with Crippen molar-refractivity contribution in [3.63, 3.8) is 0 Å². The van der Waals surface area contributed by atoms with Gasteiger partial charge in [0.25, 0.3) is 0 Å². The number of urea groups is 1. The van der Waals surface area contributed by atoms with Gasteiger partial charge in [-0.05, 0) is 38.0 Å². The van der Waals surface area contributed by atoms with Crippen LogP contribution in [-0.2, 0) is 4.79 Å². The molecular formula is C14H20FN3O2. The number of nitrogens with one attached hydrogen (secondary N) is 3. The molecule has 110 valence electrons. The van der Waals surface area contributed by atoms with Crippen LogP contribution in [0.25, 0.3) is 0 Å². The molecule has 0 spiro atoms. The van der Waals surface area contributed by atoms with Crippen LogP contribution in [-0.4, -0.2) is 24.5 Å². The lowest BCUT2D eigenvalue weighted by atomic mass is 10.2. The predicted molar refractivity (Wildman–Crippen MR) is 76.1 cm³/mol. The summed E-state index contributed by atoms with van der Waals surface area (Å²) >= 11 is 0. The Hall–Kier alpha value is -2.11. The quantitative estimate of drug-likeness (QED) is 0.774. The molecule has 1 rings (SSSR count). The number of hydrogen-bond donors (Lipinski definition) is 3. The minimum absolute atomic E-state index is 0.252. The minimum Gasteiger partial charge on any atom is -0.354 e. The molecule has 5 nitrogen and oxygen atoms in total. The zero-order chi connectivity index (χ0) is 15.1. The summed E-state index contributed by atoms with van der Waals surface area (Å²) in [6, 6.07) is 2.92. The number of benzene rings is 1. The van der Waals surface area contributed by atoms with Crippen molar-refractivity contribution in [3.8, 4) is 0 Å². The van der Waals surface area contributed by atoms with Crippen molar-refractivity contribution in [3.05, 3.63) is 29.6 Å². The van der Waals surface area contributed by atoms with E-state index in [1.165, 1.54) is 12.1 Å². The normalized spacial score (nSPS) is 11.6. The second-order valence-electron chi connectivity index (χ2n) is 4.57. The van der Waals surface area contributed by atoms with Crippen molar-refractivity contribution in [2.45, 2.75) is 33.2 Å².